The van der Waals surface area contributed by atoms with Crippen molar-refractivity contribution in [1.29, 1.82) is 0 Å². The molecule has 0 fully saturated rings. The van der Waals surface area contributed by atoms with E-state index in [-0.39, 0.29) is 12.1 Å². The Labute approximate surface area is 116 Å². The van der Waals surface area contributed by atoms with Gasteiger partial charge in [-0.25, -0.2) is 0 Å². The van der Waals surface area contributed by atoms with Crippen molar-refractivity contribution in [2.24, 2.45) is 0 Å². The van der Waals surface area contributed by atoms with Crippen LogP contribution in [0.3, 0.4) is 0 Å². The van der Waals surface area contributed by atoms with Gasteiger partial charge >= 0.3 is 12.1 Å². The fraction of sp³-hybridized carbons (Fsp3) is 0.571. The molecule has 0 N–H and O–H groups in total. The molecule has 0 aliphatic carbocycles. The fourth-order valence-electron chi connectivity index (χ4n) is 2.05. The first kappa shape index (κ1) is 16.5. The Balaban J connectivity index is 3.22. The molecule has 1 heterocycles. The summed E-state index contributed by atoms with van der Waals surface area (Å²) >= 11 is 0. The zero-order valence-electron chi connectivity index (χ0n) is 11.5. The first-order valence-corrected chi connectivity index (χ1v) is 6.51. The normalized spacial score (nSPS) is 14.7. The number of rotatable bonds is 6. The van der Waals surface area contributed by atoms with Gasteiger partial charge in [0.15, 0.2) is 0 Å². The van der Waals surface area contributed by atoms with Gasteiger partial charge in [-0.3, -0.25) is 9.78 Å². The molecule has 0 spiro atoms. The first-order valence-electron chi connectivity index (χ1n) is 6.51. The predicted octanol–water partition coefficient (Wildman–Crippen LogP) is 3.98. The molecule has 3 nitrogen and oxygen atoms in total. The Bertz CT molecular complexity index is 434. The smallest absolute Gasteiger partial charge is 0.434 e. The van der Waals surface area contributed by atoms with Crippen LogP contribution in [-0.2, 0) is 15.1 Å². The van der Waals surface area contributed by atoms with Crippen molar-refractivity contribution >= 4 is 5.97 Å². The number of hydrogen-bond acceptors (Lipinski definition) is 3. The van der Waals surface area contributed by atoms with Gasteiger partial charge in [0.1, 0.15) is 0 Å². The standard InChI is InChI=1S/C14H18F3NO2/c1-3-4-6-9-13(14(15,16)17,20-11(2)19)12-8-5-7-10-18-12/h5,7-8,10H,3-4,6,9H2,1-2H3. The lowest BCUT2D eigenvalue weighted by molar-refractivity contribution is -0.279. The van der Waals surface area contributed by atoms with Crippen LogP contribution >= 0.6 is 0 Å². The van der Waals surface area contributed by atoms with Crippen LogP contribution in [0.1, 0.15) is 45.2 Å². The third-order valence-electron chi connectivity index (χ3n) is 2.99. The monoisotopic (exact) mass is 289 g/mol. The second-order valence-corrected chi connectivity index (χ2v) is 4.59. The van der Waals surface area contributed by atoms with Crippen molar-refractivity contribution in [2.75, 3.05) is 0 Å². The largest absolute Gasteiger partial charge is 0.443 e. The molecule has 0 amide bonds. The van der Waals surface area contributed by atoms with E-state index in [1.807, 2.05) is 6.92 Å². The summed E-state index contributed by atoms with van der Waals surface area (Å²) in [6.07, 6.45) is -2.05. The van der Waals surface area contributed by atoms with Crippen LogP contribution in [0, 0.1) is 0 Å². The topological polar surface area (TPSA) is 39.2 Å². The summed E-state index contributed by atoms with van der Waals surface area (Å²) in [5, 5.41) is 0. The minimum Gasteiger partial charge on any atom is -0.443 e. The van der Waals surface area contributed by atoms with Crippen molar-refractivity contribution in [3.63, 3.8) is 0 Å². The van der Waals surface area contributed by atoms with Crippen LogP contribution < -0.4 is 0 Å². The number of halogens is 3. The van der Waals surface area contributed by atoms with Crippen molar-refractivity contribution < 1.29 is 22.7 Å². The van der Waals surface area contributed by atoms with Crippen molar-refractivity contribution in [3.05, 3.63) is 30.1 Å². The maximum absolute atomic E-state index is 13.5. The van der Waals surface area contributed by atoms with Gasteiger partial charge in [0, 0.05) is 19.5 Å². The summed E-state index contributed by atoms with van der Waals surface area (Å²) in [5.41, 5.74) is -2.94. The van der Waals surface area contributed by atoms with Gasteiger partial charge in [-0.1, -0.05) is 25.8 Å². The number of esters is 1. The number of carbonyl (C=O) groups is 1. The highest BCUT2D eigenvalue weighted by molar-refractivity contribution is 5.67. The van der Waals surface area contributed by atoms with Crippen LogP contribution in [0.25, 0.3) is 0 Å². The minimum atomic E-state index is -4.71. The highest BCUT2D eigenvalue weighted by atomic mass is 19.4. The van der Waals surface area contributed by atoms with E-state index in [1.54, 1.807) is 0 Å². The second-order valence-electron chi connectivity index (χ2n) is 4.59. The molecule has 0 saturated heterocycles. The number of carbonyl (C=O) groups excluding carboxylic acids is 1. The number of nitrogens with zero attached hydrogens (tertiary/aromatic N) is 1. The zero-order chi connectivity index (χ0) is 15.2. The third-order valence-corrected chi connectivity index (χ3v) is 2.99. The van der Waals surface area contributed by atoms with Crippen LogP contribution in [0.2, 0.25) is 0 Å². The number of hydrogen-bond donors (Lipinski definition) is 0. The quantitative estimate of drug-likeness (QED) is 0.587. The molecule has 0 aliphatic rings. The molecule has 6 heteroatoms. The second kappa shape index (κ2) is 6.72. The van der Waals surface area contributed by atoms with Crippen molar-refractivity contribution in [2.45, 2.75) is 51.3 Å². The number of unbranched alkanes of at least 4 members (excludes halogenated alkanes) is 2. The van der Waals surface area contributed by atoms with E-state index >= 15 is 0 Å². The highest BCUT2D eigenvalue weighted by Crippen LogP contribution is 2.45. The summed E-state index contributed by atoms with van der Waals surface area (Å²) in [4.78, 5) is 14.9. The molecule has 112 valence electrons. The minimum absolute atomic E-state index is 0.279. The Morgan fingerprint density at radius 3 is 2.45 bits per heavy atom. The van der Waals surface area contributed by atoms with Crippen molar-refractivity contribution in [3.8, 4) is 0 Å². The fourth-order valence-corrected chi connectivity index (χ4v) is 2.05. The summed E-state index contributed by atoms with van der Waals surface area (Å²) in [7, 11) is 0. The third kappa shape index (κ3) is 3.71. The Hall–Kier alpha value is -1.59. The molecule has 1 aromatic heterocycles. The van der Waals surface area contributed by atoms with E-state index in [4.69, 9.17) is 4.74 Å². The molecule has 1 atom stereocenters. The average molecular weight is 289 g/mol. The van der Waals surface area contributed by atoms with Gasteiger partial charge in [-0.15, -0.1) is 0 Å². The van der Waals surface area contributed by atoms with Crippen LogP contribution in [0.5, 0.6) is 0 Å². The molecular weight excluding hydrogens is 271 g/mol. The Morgan fingerprint density at radius 1 is 1.30 bits per heavy atom. The van der Waals surface area contributed by atoms with Gasteiger partial charge < -0.3 is 4.74 Å². The summed E-state index contributed by atoms with van der Waals surface area (Å²) in [6, 6.07) is 4.21. The molecular formula is C14H18F3NO2. The van der Waals surface area contributed by atoms with E-state index in [0.717, 1.165) is 13.3 Å². The molecule has 0 aromatic carbocycles. The van der Waals surface area contributed by atoms with E-state index in [0.29, 0.717) is 12.8 Å². The highest BCUT2D eigenvalue weighted by Gasteiger charge is 2.59. The molecule has 0 saturated carbocycles. The molecule has 0 bridgehead atoms. The molecule has 0 radical (unpaired) electrons. The first-order chi connectivity index (χ1) is 9.33. The van der Waals surface area contributed by atoms with E-state index in [9.17, 15) is 18.0 Å². The lowest BCUT2D eigenvalue weighted by atomic mass is 9.90. The van der Waals surface area contributed by atoms with Crippen LogP contribution in [-0.4, -0.2) is 17.1 Å². The van der Waals surface area contributed by atoms with Crippen LogP contribution in [0.4, 0.5) is 13.2 Å². The molecule has 1 aromatic rings. The summed E-state index contributed by atoms with van der Waals surface area (Å²) in [6.45, 7) is 2.87. The van der Waals surface area contributed by atoms with Crippen molar-refractivity contribution in [1.82, 2.24) is 4.98 Å². The number of aromatic nitrogens is 1. The molecule has 0 aliphatic heterocycles. The number of ether oxygens (including phenoxy) is 1. The summed E-state index contributed by atoms with van der Waals surface area (Å²) < 4.78 is 45.3. The number of alkyl halides is 3. The predicted molar refractivity (Wildman–Crippen MR) is 67.9 cm³/mol. The van der Waals surface area contributed by atoms with E-state index in [1.165, 1.54) is 24.4 Å². The van der Waals surface area contributed by atoms with Gasteiger partial charge in [0.2, 0.25) is 5.60 Å². The maximum Gasteiger partial charge on any atom is 0.434 e. The Morgan fingerprint density at radius 2 is 2.00 bits per heavy atom. The summed E-state index contributed by atoms with van der Waals surface area (Å²) in [5.74, 6) is -0.968. The van der Waals surface area contributed by atoms with E-state index < -0.39 is 17.7 Å². The van der Waals surface area contributed by atoms with Gasteiger partial charge in [-0.2, -0.15) is 13.2 Å². The molecule has 20 heavy (non-hydrogen) atoms. The van der Waals surface area contributed by atoms with Crippen LogP contribution in [0.15, 0.2) is 24.4 Å². The number of pyridine rings is 1. The van der Waals surface area contributed by atoms with Gasteiger partial charge in [-0.05, 0) is 18.6 Å². The SMILES string of the molecule is CCCCCC(OC(C)=O)(c1ccccn1)C(F)(F)F. The Kier molecular flexibility index (Phi) is 5.53. The lowest BCUT2D eigenvalue weighted by Crippen LogP contribution is -2.46. The van der Waals surface area contributed by atoms with Gasteiger partial charge in [0.25, 0.3) is 0 Å². The lowest BCUT2D eigenvalue weighted by Gasteiger charge is -2.34. The molecule has 1 unspecified atom stereocenters. The maximum atomic E-state index is 13.5. The van der Waals surface area contributed by atoms with E-state index in [2.05, 4.69) is 4.98 Å². The average Bonchev–Trinajstić information content (AvgIpc) is 2.37. The zero-order valence-corrected chi connectivity index (χ0v) is 11.5. The van der Waals surface area contributed by atoms with Gasteiger partial charge in [0.05, 0.1) is 5.69 Å². The molecule has 1 rings (SSSR count).